The fourth-order valence-electron chi connectivity index (χ4n) is 5.91. The molecule has 0 aliphatic heterocycles. The zero-order valence-corrected chi connectivity index (χ0v) is 27.7. The number of benzene rings is 4. The molecule has 0 bridgehead atoms. The van der Waals surface area contributed by atoms with Crippen LogP contribution in [-0.4, -0.2) is 19.3 Å². The third-order valence-electron chi connectivity index (χ3n) is 7.97. The van der Waals surface area contributed by atoms with E-state index in [1.807, 2.05) is 54.0 Å². The average molecular weight is 814 g/mol. The van der Waals surface area contributed by atoms with Gasteiger partial charge in [0.25, 0.3) is 0 Å². The number of halogens is 4. The monoisotopic (exact) mass is 813 g/mol. The first-order valence-electron chi connectivity index (χ1n) is 14.8. The summed E-state index contributed by atoms with van der Waals surface area (Å²) in [7, 11) is 0. The van der Waals surface area contributed by atoms with Gasteiger partial charge in [-0.1, -0.05) is 37.6 Å². The van der Waals surface area contributed by atoms with E-state index in [-0.39, 0.29) is 51.2 Å². The van der Waals surface area contributed by atoms with Crippen molar-refractivity contribution in [2.45, 2.75) is 33.6 Å². The third-order valence-corrected chi connectivity index (χ3v) is 7.97. The van der Waals surface area contributed by atoms with Crippen LogP contribution in [0.25, 0.3) is 44.4 Å². The van der Waals surface area contributed by atoms with E-state index in [1.54, 1.807) is 38.2 Å². The molecular weight excluding hydrogens is 788 g/mol. The molecule has 0 atom stereocenters. The molecule has 0 fully saturated rings. The third kappa shape index (κ3) is 5.52. The van der Waals surface area contributed by atoms with E-state index in [2.05, 4.69) is 28.3 Å². The summed E-state index contributed by atoms with van der Waals surface area (Å²) in [5, 5.41) is 6.63. The molecule has 0 amide bonds. The van der Waals surface area contributed by atoms with Crippen LogP contribution < -0.4 is 4.74 Å². The molecule has 47 heavy (non-hydrogen) atoms. The van der Waals surface area contributed by atoms with Crippen molar-refractivity contribution in [2.75, 3.05) is 0 Å². The molecule has 3 aromatic heterocycles. The van der Waals surface area contributed by atoms with Crippen molar-refractivity contribution in [1.82, 2.24) is 19.3 Å². The summed E-state index contributed by atoms with van der Waals surface area (Å²) < 4.78 is 68.1. The number of fused-ring (bicyclic) bond motifs is 3. The molecule has 0 saturated carbocycles. The molecule has 0 spiro atoms. The Balaban J connectivity index is 0.00000386. The number of pyridine rings is 1. The smallest absolute Gasteiger partial charge is 0.509 e. The average Bonchev–Trinajstić information content (AvgIpc) is 3.59. The summed E-state index contributed by atoms with van der Waals surface area (Å²) in [4.78, 5) is 4.61. The molecule has 0 aliphatic rings. The van der Waals surface area contributed by atoms with E-state index < -0.39 is 28.8 Å². The first kappa shape index (κ1) is 32.2. The summed E-state index contributed by atoms with van der Waals surface area (Å²) in [5.74, 6) is -4.34. The maximum absolute atomic E-state index is 15.0. The quantitative estimate of drug-likeness (QED) is 0.0916. The molecule has 0 unspecified atom stereocenters. The second-order valence-corrected chi connectivity index (χ2v) is 10.9. The van der Waals surface area contributed by atoms with Gasteiger partial charge in [0.2, 0.25) is 0 Å². The second-order valence-electron chi connectivity index (χ2n) is 10.9. The number of aromatic nitrogens is 4. The van der Waals surface area contributed by atoms with E-state index in [1.165, 1.54) is 4.68 Å². The van der Waals surface area contributed by atoms with Gasteiger partial charge in [-0.05, 0) is 54.6 Å². The molecule has 7 rings (SSSR count). The summed E-state index contributed by atoms with van der Waals surface area (Å²) in [6.45, 7) is 5.54. The van der Waals surface area contributed by atoms with Crippen LogP contribution in [0.2, 0.25) is 0 Å². The molecule has 0 saturated heterocycles. The largest absolute Gasteiger partial charge is 2.00 e. The Morgan fingerprint density at radius 1 is 0.766 bits per heavy atom. The number of rotatable bonds is 7. The Bertz CT molecular complexity index is 2270. The van der Waals surface area contributed by atoms with E-state index in [4.69, 9.17) is 4.74 Å². The Morgan fingerprint density at radius 3 is 2.23 bits per heavy atom. The molecule has 0 aliphatic carbocycles. The minimum atomic E-state index is -1.47. The van der Waals surface area contributed by atoms with Crippen LogP contribution in [0.5, 0.6) is 11.5 Å². The van der Waals surface area contributed by atoms with Crippen LogP contribution >= 0.6 is 0 Å². The van der Waals surface area contributed by atoms with E-state index in [9.17, 15) is 17.6 Å². The van der Waals surface area contributed by atoms with Gasteiger partial charge in [-0.15, -0.1) is 35.7 Å². The SMILES string of the molecule is CCc1nn(-c2[c-]c(Oc3[c-]c4c(cc3)c3ccccc3n4-c3cc(C)ccn3)ccc2)c(CC)c1-c1c(F)c(F)cc(F)c1F.[Pt+2]. The van der Waals surface area contributed by atoms with Crippen molar-refractivity contribution >= 4 is 21.8 Å². The molecule has 0 N–H and O–H groups in total. The molecule has 0 radical (unpaired) electrons. The normalized spacial score (nSPS) is 11.3. The van der Waals surface area contributed by atoms with Gasteiger partial charge in [-0.25, -0.2) is 22.5 Å². The first-order valence-corrected chi connectivity index (χ1v) is 14.8. The molecule has 3 heterocycles. The number of aryl methyl sites for hydroxylation is 2. The van der Waals surface area contributed by atoms with Gasteiger partial charge >= 0.3 is 21.1 Å². The minimum Gasteiger partial charge on any atom is -0.509 e. The maximum Gasteiger partial charge on any atom is 2.00 e. The maximum atomic E-state index is 15.0. The number of para-hydroxylation sites is 1. The zero-order valence-electron chi connectivity index (χ0n) is 25.4. The fourth-order valence-corrected chi connectivity index (χ4v) is 5.91. The Hall–Kier alpha value is -4.75. The van der Waals surface area contributed by atoms with Crippen LogP contribution in [0.3, 0.4) is 0 Å². The number of ether oxygens (including phenoxy) is 1. The molecule has 10 heteroatoms. The predicted molar refractivity (Wildman–Crippen MR) is 169 cm³/mol. The van der Waals surface area contributed by atoms with Crippen LogP contribution in [0, 0.1) is 42.3 Å². The molecular formula is C37H26F4N4OPt. The van der Waals surface area contributed by atoms with E-state index in [0.717, 1.165) is 33.2 Å². The van der Waals surface area contributed by atoms with Crippen LogP contribution in [0.15, 0.2) is 79.0 Å². The second kappa shape index (κ2) is 12.8. The number of nitrogens with zero attached hydrogens (tertiary/aromatic N) is 4. The predicted octanol–water partition coefficient (Wildman–Crippen LogP) is 9.41. The van der Waals surface area contributed by atoms with Gasteiger partial charge in [0.05, 0.1) is 11.3 Å². The van der Waals surface area contributed by atoms with E-state index in [0.29, 0.717) is 22.9 Å². The van der Waals surface area contributed by atoms with Gasteiger partial charge in [0, 0.05) is 40.5 Å². The summed E-state index contributed by atoms with van der Waals surface area (Å²) in [6, 6.07) is 27.8. The van der Waals surface area contributed by atoms with Crippen molar-refractivity contribution in [1.29, 1.82) is 0 Å². The number of hydrogen-bond acceptors (Lipinski definition) is 3. The molecule has 238 valence electrons. The zero-order chi connectivity index (χ0) is 32.1. The molecule has 4 aromatic carbocycles. The van der Waals surface area contributed by atoms with Crippen LogP contribution in [0.4, 0.5) is 17.6 Å². The van der Waals surface area contributed by atoms with Crippen molar-refractivity contribution < 1.29 is 43.4 Å². The summed E-state index contributed by atoms with van der Waals surface area (Å²) >= 11 is 0. The fraction of sp³-hybridized carbons (Fsp3) is 0.135. The van der Waals surface area contributed by atoms with Crippen LogP contribution in [0.1, 0.15) is 30.8 Å². The topological polar surface area (TPSA) is 44.9 Å². The standard InChI is InChI=1S/C37H26F4N4O.Pt/c1-4-29-34(35-36(40)27(38)20-28(39)37(35)41)30(5-2)45(43-29)22-9-8-10-23(18-22)46-24-13-14-26-25-11-6-7-12-31(25)44(32(26)19-24)33-17-21(3)15-16-42-33;/h6-17,20H,4-5H2,1-3H3;/q-2;+2. The van der Waals surface area contributed by atoms with Crippen molar-refractivity contribution in [3.63, 3.8) is 0 Å². The molecule has 5 nitrogen and oxygen atoms in total. The van der Waals surface area contributed by atoms with Crippen molar-refractivity contribution in [3.05, 3.63) is 131 Å². The van der Waals surface area contributed by atoms with Gasteiger partial charge in [-0.2, -0.15) is 17.2 Å². The van der Waals surface area contributed by atoms with Gasteiger partial charge < -0.3 is 9.30 Å². The molecule has 7 aromatic rings. The first-order chi connectivity index (χ1) is 22.3. The summed E-state index contributed by atoms with van der Waals surface area (Å²) in [5.41, 5.74) is 3.18. The van der Waals surface area contributed by atoms with E-state index >= 15 is 0 Å². The Morgan fingerprint density at radius 2 is 1.51 bits per heavy atom. The summed E-state index contributed by atoms with van der Waals surface area (Å²) in [6.07, 6.45) is 2.30. The van der Waals surface area contributed by atoms with Gasteiger partial charge in [0.15, 0.2) is 23.3 Å². The van der Waals surface area contributed by atoms with Crippen LogP contribution in [-0.2, 0) is 33.9 Å². The Kier molecular flexibility index (Phi) is 8.77. The van der Waals surface area contributed by atoms with Gasteiger partial charge in [-0.3, -0.25) is 4.68 Å². The van der Waals surface area contributed by atoms with Crippen molar-refractivity contribution in [3.8, 4) is 34.1 Å². The Labute approximate surface area is 282 Å². The van der Waals surface area contributed by atoms with Gasteiger partial charge in [0.1, 0.15) is 5.82 Å². The minimum absolute atomic E-state index is 0. The van der Waals surface area contributed by atoms with Crippen molar-refractivity contribution in [2.24, 2.45) is 0 Å². The number of hydrogen-bond donors (Lipinski definition) is 0.